The summed E-state index contributed by atoms with van der Waals surface area (Å²) in [7, 11) is 0. The number of aromatic nitrogens is 3. The minimum atomic E-state index is 0.748. The average Bonchev–Trinajstić information content (AvgIpc) is 3.17. The van der Waals surface area contributed by atoms with E-state index in [-0.39, 0.29) is 0 Å². The summed E-state index contributed by atoms with van der Waals surface area (Å²) in [5.74, 6) is 2.57. The van der Waals surface area contributed by atoms with Crippen LogP contribution in [0, 0.1) is 6.92 Å². The Kier molecular flexibility index (Phi) is 3.14. The average molecular weight is 309 g/mol. The van der Waals surface area contributed by atoms with E-state index in [9.17, 15) is 0 Å². The van der Waals surface area contributed by atoms with Crippen LogP contribution in [0.25, 0.3) is 5.65 Å². The van der Waals surface area contributed by atoms with E-state index in [2.05, 4.69) is 40.0 Å². The van der Waals surface area contributed by atoms with Crippen LogP contribution >= 0.6 is 0 Å². The summed E-state index contributed by atoms with van der Waals surface area (Å²) in [4.78, 5) is 14.0. The van der Waals surface area contributed by atoms with Gasteiger partial charge in [0, 0.05) is 31.0 Å². The molecule has 0 saturated carbocycles. The van der Waals surface area contributed by atoms with Gasteiger partial charge in [0.05, 0.1) is 6.67 Å². The molecule has 2 aliphatic heterocycles. The van der Waals surface area contributed by atoms with Gasteiger partial charge in [-0.1, -0.05) is 0 Å². The number of hydrogen-bond donors (Lipinski definition) is 0. The van der Waals surface area contributed by atoms with Crippen LogP contribution in [0.5, 0.6) is 0 Å². The van der Waals surface area contributed by atoms with Gasteiger partial charge in [-0.2, -0.15) is 0 Å². The number of rotatable bonds is 3. The fourth-order valence-electron chi connectivity index (χ4n) is 2.87. The van der Waals surface area contributed by atoms with Crippen LogP contribution in [0.15, 0.2) is 40.2 Å². The number of aliphatic imine (C=N–C) groups is 2. The highest BCUT2D eigenvalue weighted by molar-refractivity contribution is 6.17. The fourth-order valence-corrected chi connectivity index (χ4v) is 2.87. The Morgan fingerprint density at radius 1 is 1.09 bits per heavy atom. The lowest BCUT2D eigenvalue weighted by atomic mass is 10.2. The van der Waals surface area contributed by atoms with Crippen molar-refractivity contribution in [3.8, 4) is 0 Å². The first kappa shape index (κ1) is 13.9. The number of aryl methyl sites for hydroxylation is 1. The molecule has 0 fully saturated rings. The van der Waals surface area contributed by atoms with Crippen LogP contribution in [0.4, 0.5) is 0 Å². The molecule has 0 atom stereocenters. The molecule has 0 saturated heterocycles. The number of amidine groups is 2. The summed E-state index contributed by atoms with van der Waals surface area (Å²) in [5, 5.41) is 8.21. The van der Waals surface area contributed by atoms with E-state index in [1.165, 1.54) is 0 Å². The minimum absolute atomic E-state index is 0.748. The molecule has 2 aromatic heterocycles. The molecule has 7 heteroatoms. The van der Waals surface area contributed by atoms with E-state index < -0.39 is 0 Å². The van der Waals surface area contributed by atoms with Crippen LogP contribution in [-0.4, -0.2) is 55.8 Å². The van der Waals surface area contributed by atoms with Crippen LogP contribution in [-0.2, 0) is 0 Å². The van der Waals surface area contributed by atoms with Gasteiger partial charge in [-0.25, -0.2) is 9.98 Å². The molecule has 4 rings (SSSR count). The maximum atomic E-state index is 4.77. The normalized spacial score (nSPS) is 17.3. The third-order valence-electron chi connectivity index (χ3n) is 4.24. The molecule has 118 valence electrons. The van der Waals surface area contributed by atoms with Crippen molar-refractivity contribution >= 4 is 17.3 Å². The zero-order valence-electron chi connectivity index (χ0n) is 13.6. The molecule has 23 heavy (non-hydrogen) atoms. The molecule has 4 heterocycles. The van der Waals surface area contributed by atoms with Crippen LogP contribution in [0.1, 0.15) is 25.2 Å². The Morgan fingerprint density at radius 3 is 2.74 bits per heavy atom. The van der Waals surface area contributed by atoms with Crippen LogP contribution in [0.3, 0.4) is 0 Å². The molecule has 0 N–H and O–H groups in total. The number of fused-ring (bicyclic) bond motifs is 2. The highest BCUT2D eigenvalue weighted by atomic mass is 15.4. The molecular formula is C16H19N7. The minimum Gasteiger partial charge on any atom is -0.358 e. The van der Waals surface area contributed by atoms with E-state index >= 15 is 0 Å². The number of likely N-dealkylation sites (N-methyl/N-ethyl adjacent to an activating group) is 1. The molecule has 0 aromatic carbocycles. The first-order valence-electron chi connectivity index (χ1n) is 7.90. The van der Waals surface area contributed by atoms with Crippen molar-refractivity contribution in [1.82, 2.24) is 24.4 Å². The lowest BCUT2D eigenvalue weighted by Crippen LogP contribution is -2.43. The Hall–Kier alpha value is -2.70. The number of hydrogen-bond acceptors (Lipinski definition) is 6. The Labute approximate surface area is 134 Å². The summed E-state index contributed by atoms with van der Waals surface area (Å²) in [5.41, 5.74) is 2.75. The van der Waals surface area contributed by atoms with Gasteiger partial charge in [-0.3, -0.25) is 4.40 Å². The van der Waals surface area contributed by atoms with E-state index in [4.69, 9.17) is 9.98 Å². The molecular weight excluding hydrogens is 290 g/mol. The van der Waals surface area contributed by atoms with Gasteiger partial charge in [-0.05, 0) is 32.9 Å². The molecule has 0 bridgehead atoms. The van der Waals surface area contributed by atoms with Gasteiger partial charge < -0.3 is 9.80 Å². The zero-order chi connectivity index (χ0) is 16.0. The predicted octanol–water partition coefficient (Wildman–Crippen LogP) is 1.65. The third-order valence-corrected chi connectivity index (χ3v) is 4.24. The Bertz CT molecular complexity index is 858. The molecule has 0 radical (unpaired) electrons. The topological polar surface area (TPSA) is 61.4 Å². The monoisotopic (exact) mass is 309 g/mol. The van der Waals surface area contributed by atoms with Crippen LogP contribution < -0.4 is 0 Å². The van der Waals surface area contributed by atoms with Gasteiger partial charge in [0.25, 0.3) is 0 Å². The van der Waals surface area contributed by atoms with Crippen molar-refractivity contribution in [1.29, 1.82) is 0 Å². The van der Waals surface area contributed by atoms with Crippen molar-refractivity contribution in [2.75, 3.05) is 19.8 Å². The maximum Gasteiger partial charge on any atom is 0.163 e. The molecule has 0 unspecified atom stereocenters. The summed E-state index contributed by atoms with van der Waals surface area (Å²) in [6.45, 7) is 8.97. The van der Waals surface area contributed by atoms with Gasteiger partial charge in [0.1, 0.15) is 11.5 Å². The molecule has 0 amide bonds. The first-order chi connectivity index (χ1) is 11.2. The van der Waals surface area contributed by atoms with Crippen molar-refractivity contribution in [3.05, 3.63) is 41.6 Å². The second kappa shape index (κ2) is 5.19. The van der Waals surface area contributed by atoms with E-state index in [0.717, 1.165) is 54.2 Å². The highest BCUT2D eigenvalue weighted by Gasteiger charge is 2.27. The second-order valence-corrected chi connectivity index (χ2v) is 5.68. The zero-order valence-corrected chi connectivity index (χ0v) is 13.6. The van der Waals surface area contributed by atoms with E-state index in [1.807, 2.05) is 29.7 Å². The predicted molar refractivity (Wildman–Crippen MR) is 89.4 cm³/mol. The smallest absolute Gasteiger partial charge is 0.163 e. The van der Waals surface area contributed by atoms with Crippen molar-refractivity contribution < 1.29 is 0 Å². The second-order valence-electron chi connectivity index (χ2n) is 5.68. The largest absolute Gasteiger partial charge is 0.358 e. The summed E-state index contributed by atoms with van der Waals surface area (Å²) in [6.07, 6.45) is 4.10. The number of nitrogens with zero attached hydrogens (tertiary/aromatic N) is 7. The van der Waals surface area contributed by atoms with Gasteiger partial charge in [0.2, 0.25) is 0 Å². The third kappa shape index (κ3) is 2.19. The highest BCUT2D eigenvalue weighted by Crippen LogP contribution is 2.22. The first-order valence-corrected chi connectivity index (χ1v) is 7.90. The summed E-state index contributed by atoms with van der Waals surface area (Å²) in [6, 6.07) is 3.95. The lowest BCUT2D eigenvalue weighted by Gasteiger charge is -2.33. The van der Waals surface area contributed by atoms with Gasteiger partial charge in [0.15, 0.2) is 17.3 Å². The summed E-state index contributed by atoms with van der Waals surface area (Å²) < 4.78 is 1.96. The van der Waals surface area contributed by atoms with Gasteiger partial charge in [-0.15, -0.1) is 10.2 Å². The van der Waals surface area contributed by atoms with Gasteiger partial charge >= 0.3 is 0 Å². The van der Waals surface area contributed by atoms with Crippen molar-refractivity contribution in [2.45, 2.75) is 20.8 Å². The molecule has 2 aliphatic rings. The van der Waals surface area contributed by atoms with Crippen LogP contribution in [0.2, 0.25) is 0 Å². The fraction of sp³-hybridized carbons (Fsp3) is 0.375. The maximum absolute atomic E-state index is 4.77. The molecule has 0 spiro atoms. The lowest BCUT2D eigenvalue weighted by molar-refractivity contribution is 0.251. The SMILES string of the molecule is CCN1C=C2N=C(c3ccc4nnc(C)n4c3)N=C2N(CC)C1. The Balaban J connectivity index is 1.77. The standard InChI is InChI=1S/C16H19N7/c1-4-21-9-13-16(22(5-2)10-21)18-15(17-13)12-6-7-14-20-19-11(3)23(14)8-12/h6-9H,4-5,10H2,1-3H3. The molecule has 2 aromatic rings. The Morgan fingerprint density at radius 2 is 1.96 bits per heavy atom. The van der Waals surface area contributed by atoms with Crippen molar-refractivity contribution in [3.63, 3.8) is 0 Å². The van der Waals surface area contributed by atoms with Crippen molar-refractivity contribution in [2.24, 2.45) is 9.98 Å². The summed E-state index contributed by atoms with van der Waals surface area (Å²) >= 11 is 0. The quantitative estimate of drug-likeness (QED) is 0.865. The number of pyridine rings is 1. The van der Waals surface area contributed by atoms with E-state index in [0.29, 0.717) is 0 Å². The van der Waals surface area contributed by atoms with E-state index in [1.54, 1.807) is 0 Å². The molecule has 7 nitrogen and oxygen atoms in total. The molecule has 0 aliphatic carbocycles.